The van der Waals surface area contributed by atoms with Gasteiger partial charge in [-0.3, -0.25) is 0 Å². The molecule has 0 spiro atoms. The van der Waals surface area contributed by atoms with Crippen molar-refractivity contribution in [2.24, 2.45) is 5.41 Å². The number of sulfone groups is 1. The average Bonchev–Trinajstić information content (AvgIpc) is 2.90. The second-order valence-corrected chi connectivity index (χ2v) is 10.4. The number of benzene rings is 2. The molecule has 1 heterocycles. The molecule has 33 heavy (non-hydrogen) atoms. The number of hydrogen-bond donors (Lipinski definition) is 2. The Kier molecular flexibility index (Phi) is 7.68. The lowest BCUT2D eigenvalue weighted by Gasteiger charge is -2.36. The highest BCUT2D eigenvalue weighted by molar-refractivity contribution is 7.91. The highest BCUT2D eigenvalue weighted by atomic mass is 32.2. The van der Waals surface area contributed by atoms with Gasteiger partial charge in [0.05, 0.1) is 34.4 Å². The van der Waals surface area contributed by atoms with Crippen LogP contribution in [0.3, 0.4) is 0 Å². The number of rotatable bonds is 9. The lowest BCUT2D eigenvalue weighted by molar-refractivity contribution is -0.131. The number of carboxylic acid groups (broad SMARTS) is 1. The molecule has 0 saturated carbocycles. The monoisotopic (exact) mass is 472 g/mol. The fraction of sp³-hybridized carbons (Fsp3) is 0.400. The molecule has 0 bridgehead atoms. The molecule has 1 atom stereocenters. The van der Waals surface area contributed by atoms with Gasteiger partial charge >= 0.3 is 5.97 Å². The standard InChI is InChI=1S/C25H32N2O5S/c1-4-6-13-25(5-2)17-27(19-10-8-7-9-11-19)21-15-20(26-3)22(32-14-12-24(28)29)16-23(21)33(30,31)18-25/h7-12,14-16,26H,4-6,13,17-18H2,1-3H3,(H,28,29)/b14-12+/t25-/m0/s1. The molecule has 8 heteroatoms. The average molecular weight is 473 g/mol. The van der Waals surface area contributed by atoms with Gasteiger partial charge in [0, 0.05) is 30.8 Å². The van der Waals surface area contributed by atoms with E-state index in [1.54, 1.807) is 13.1 Å². The quantitative estimate of drug-likeness (QED) is 0.382. The molecule has 7 nitrogen and oxygen atoms in total. The third kappa shape index (κ3) is 5.50. The molecule has 0 unspecified atom stereocenters. The van der Waals surface area contributed by atoms with Crippen LogP contribution in [0.25, 0.3) is 0 Å². The van der Waals surface area contributed by atoms with E-state index in [0.717, 1.165) is 43.7 Å². The summed E-state index contributed by atoms with van der Waals surface area (Å²) in [6, 6.07) is 13.1. The summed E-state index contributed by atoms with van der Waals surface area (Å²) < 4.78 is 33.0. The van der Waals surface area contributed by atoms with Crippen molar-refractivity contribution in [3.05, 3.63) is 54.8 Å². The topological polar surface area (TPSA) is 95.9 Å². The molecule has 3 rings (SSSR count). The van der Waals surface area contributed by atoms with E-state index in [2.05, 4.69) is 24.1 Å². The predicted molar refractivity (Wildman–Crippen MR) is 131 cm³/mol. The number of para-hydroxylation sites is 1. The van der Waals surface area contributed by atoms with Crippen LogP contribution in [-0.4, -0.2) is 38.8 Å². The first kappa shape index (κ1) is 24.6. The van der Waals surface area contributed by atoms with Crippen LogP contribution in [0.2, 0.25) is 0 Å². The first-order chi connectivity index (χ1) is 15.7. The Hall–Kier alpha value is -3.00. The summed E-state index contributed by atoms with van der Waals surface area (Å²) in [5, 5.41) is 11.9. The number of nitrogens with one attached hydrogen (secondary N) is 1. The third-order valence-corrected chi connectivity index (χ3v) is 8.22. The zero-order chi connectivity index (χ0) is 24.1. The van der Waals surface area contributed by atoms with E-state index in [1.165, 1.54) is 6.07 Å². The molecule has 2 N–H and O–H groups in total. The number of ether oxygens (including phenoxy) is 1. The second-order valence-electron chi connectivity index (χ2n) is 8.46. The molecule has 0 aliphatic carbocycles. The number of unbranched alkanes of at least 4 members (excludes halogenated alkanes) is 1. The zero-order valence-corrected chi connectivity index (χ0v) is 20.2. The Morgan fingerprint density at radius 2 is 1.97 bits per heavy atom. The first-order valence-corrected chi connectivity index (χ1v) is 12.9. The van der Waals surface area contributed by atoms with Crippen LogP contribution < -0.4 is 15.0 Å². The van der Waals surface area contributed by atoms with Crippen LogP contribution in [0.15, 0.2) is 59.7 Å². The van der Waals surface area contributed by atoms with Crippen LogP contribution in [0.5, 0.6) is 5.75 Å². The van der Waals surface area contributed by atoms with Crippen molar-refractivity contribution >= 4 is 32.9 Å². The minimum atomic E-state index is -3.65. The summed E-state index contributed by atoms with van der Waals surface area (Å²) in [5.41, 5.74) is 1.68. The van der Waals surface area contributed by atoms with Crippen molar-refractivity contribution in [2.45, 2.75) is 44.4 Å². The van der Waals surface area contributed by atoms with E-state index in [-0.39, 0.29) is 16.4 Å². The number of fused-ring (bicyclic) bond motifs is 1. The third-order valence-electron chi connectivity index (χ3n) is 6.23. The van der Waals surface area contributed by atoms with Gasteiger partial charge in [-0.05, 0) is 31.0 Å². The highest BCUT2D eigenvalue weighted by Gasteiger charge is 2.41. The van der Waals surface area contributed by atoms with Gasteiger partial charge in [0.2, 0.25) is 0 Å². The van der Waals surface area contributed by atoms with Crippen molar-refractivity contribution < 1.29 is 23.1 Å². The first-order valence-electron chi connectivity index (χ1n) is 11.2. The maximum atomic E-state index is 13.7. The number of hydrogen-bond acceptors (Lipinski definition) is 6. The van der Waals surface area contributed by atoms with E-state index in [4.69, 9.17) is 9.84 Å². The van der Waals surface area contributed by atoms with E-state index < -0.39 is 21.2 Å². The van der Waals surface area contributed by atoms with Gasteiger partial charge in [-0.2, -0.15) is 0 Å². The summed E-state index contributed by atoms with van der Waals surface area (Å²) >= 11 is 0. The highest BCUT2D eigenvalue weighted by Crippen LogP contribution is 2.46. The fourth-order valence-electron chi connectivity index (χ4n) is 4.35. The molecule has 0 aromatic heterocycles. The maximum Gasteiger partial charge on any atom is 0.331 e. The Bertz CT molecular complexity index is 1120. The van der Waals surface area contributed by atoms with E-state index in [1.807, 2.05) is 30.3 Å². The van der Waals surface area contributed by atoms with Gasteiger partial charge in [0.1, 0.15) is 0 Å². The summed E-state index contributed by atoms with van der Waals surface area (Å²) in [7, 11) is -1.93. The molecule has 1 aliphatic heterocycles. The van der Waals surface area contributed by atoms with E-state index in [9.17, 15) is 13.2 Å². The molecule has 0 radical (unpaired) electrons. The van der Waals surface area contributed by atoms with Crippen LogP contribution in [0.1, 0.15) is 39.5 Å². The summed E-state index contributed by atoms with van der Waals surface area (Å²) in [6.45, 7) is 4.77. The minimum absolute atomic E-state index is 0.0517. The Balaban J connectivity index is 2.22. The van der Waals surface area contributed by atoms with Crippen molar-refractivity contribution in [3.8, 4) is 5.75 Å². The lowest BCUT2D eigenvalue weighted by atomic mass is 9.81. The normalized spacial score (nSPS) is 19.7. The SMILES string of the molecule is CCCC[C@@]1(CC)CN(c2ccccc2)c2cc(NC)c(O/C=C/C(=O)O)cc2S(=O)(=O)C1. The number of carboxylic acids is 1. The molecular weight excluding hydrogens is 440 g/mol. The molecule has 2 aromatic rings. The summed E-state index contributed by atoms with van der Waals surface area (Å²) in [4.78, 5) is 13.1. The molecule has 178 valence electrons. The molecule has 0 amide bonds. The number of anilines is 3. The second kappa shape index (κ2) is 10.3. The molecular formula is C25H32N2O5S. The van der Waals surface area contributed by atoms with Gasteiger partial charge in [-0.25, -0.2) is 13.2 Å². The Morgan fingerprint density at radius 1 is 1.24 bits per heavy atom. The smallest absolute Gasteiger partial charge is 0.331 e. The van der Waals surface area contributed by atoms with Gasteiger partial charge in [0.25, 0.3) is 0 Å². The maximum absolute atomic E-state index is 13.7. The summed E-state index contributed by atoms with van der Waals surface area (Å²) in [6.07, 6.45) is 5.42. The van der Waals surface area contributed by atoms with Crippen molar-refractivity contribution in [1.29, 1.82) is 0 Å². The molecule has 0 saturated heterocycles. The van der Waals surface area contributed by atoms with Gasteiger partial charge in [-0.15, -0.1) is 0 Å². The lowest BCUT2D eigenvalue weighted by Crippen LogP contribution is -2.37. The molecule has 0 fully saturated rings. The number of aliphatic carboxylic acids is 1. The van der Waals surface area contributed by atoms with E-state index in [0.29, 0.717) is 17.9 Å². The van der Waals surface area contributed by atoms with Crippen LogP contribution in [-0.2, 0) is 14.6 Å². The van der Waals surface area contributed by atoms with Crippen molar-refractivity contribution in [3.63, 3.8) is 0 Å². The number of nitrogens with zero attached hydrogens (tertiary/aromatic N) is 1. The van der Waals surface area contributed by atoms with E-state index >= 15 is 0 Å². The van der Waals surface area contributed by atoms with Gasteiger partial charge in [-0.1, -0.05) is 44.9 Å². The summed E-state index contributed by atoms with van der Waals surface area (Å²) in [5.74, 6) is -0.846. The van der Waals surface area contributed by atoms with Crippen LogP contribution in [0, 0.1) is 5.41 Å². The van der Waals surface area contributed by atoms with Crippen molar-refractivity contribution in [1.82, 2.24) is 0 Å². The zero-order valence-electron chi connectivity index (χ0n) is 19.4. The van der Waals surface area contributed by atoms with Crippen LogP contribution >= 0.6 is 0 Å². The Morgan fingerprint density at radius 3 is 2.58 bits per heavy atom. The predicted octanol–water partition coefficient (Wildman–Crippen LogP) is 5.22. The minimum Gasteiger partial charge on any atom is -0.478 e. The molecule has 1 aliphatic rings. The fourth-order valence-corrected chi connectivity index (χ4v) is 6.52. The van der Waals surface area contributed by atoms with Gasteiger partial charge < -0.3 is 20.1 Å². The largest absolute Gasteiger partial charge is 0.478 e. The van der Waals surface area contributed by atoms with Crippen molar-refractivity contribution in [2.75, 3.05) is 29.6 Å². The number of carbonyl (C=O) groups is 1. The van der Waals surface area contributed by atoms with Crippen LogP contribution in [0.4, 0.5) is 17.1 Å². The molecule has 2 aromatic carbocycles. The Labute approximate surface area is 196 Å². The van der Waals surface area contributed by atoms with Gasteiger partial charge in [0.15, 0.2) is 15.6 Å².